The third kappa shape index (κ3) is 3.27. The summed E-state index contributed by atoms with van der Waals surface area (Å²) in [6.07, 6.45) is 7.22. The molecule has 0 amide bonds. The highest BCUT2D eigenvalue weighted by molar-refractivity contribution is 5.16. The largest absolute Gasteiger partial charge is 0.388 e. The van der Waals surface area contributed by atoms with E-state index >= 15 is 0 Å². The number of rotatable bonds is 5. The van der Waals surface area contributed by atoms with Crippen LogP contribution in [0.4, 0.5) is 0 Å². The Morgan fingerprint density at radius 3 is 2.33 bits per heavy atom. The van der Waals surface area contributed by atoms with E-state index in [4.69, 9.17) is 5.11 Å². The lowest BCUT2D eigenvalue weighted by Crippen LogP contribution is -2.18. The van der Waals surface area contributed by atoms with Crippen LogP contribution in [0, 0.1) is 0 Å². The van der Waals surface area contributed by atoms with Crippen molar-refractivity contribution in [1.82, 2.24) is 9.97 Å². The van der Waals surface area contributed by atoms with Crippen LogP contribution in [0.1, 0.15) is 51.4 Å². The Morgan fingerprint density at radius 2 is 1.87 bits per heavy atom. The van der Waals surface area contributed by atoms with Gasteiger partial charge in [0.2, 0.25) is 0 Å². The summed E-state index contributed by atoms with van der Waals surface area (Å²) in [5.41, 5.74) is 1.28. The summed E-state index contributed by atoms with van der Waals surface area (Å²) in [7, 11) is 0. The van der Waals surface area contributed by atoms with E-state index in [0.29, 0.717) is 5.82 Å². The molecule has 0 aliphatic rings. The maximum Gasteiger partial charge on any atom is 0.153 e. The molecule has 84 valence electrons. The third-order valence-corrected chi connectivity index (χ3v) is 2.78. The van der Waals surface area contributed by atoms with Gasteiger partial charge in [-0.2, -0.15) is 0 Å². The SMILES string of the molecule is CCCCC(C)(C)c1cnc(CO)nc1. The second-order valence-electron chi connectivity index (χ2n) is 4.53. The first kappa shape index (κ1) is 12.1. The molecule has 0 saturated heterocycles. The molecular formula is C12H20N2O. The molecular weight excluding hydrogens is 188 g/mol. The molecule has 0 unspecified atom stereocenters. The van der Waals surface area contributed by atoms with Gasteiger partial charge < -0.3 is 5.11 Å². The van der Waals surface area contributed by atoms with Gasteiger partial charge in [-0.3, -0.25) is 0 Å². The second-order valence-corrected chi connectivity index (χ2v) is 4.53. The van der Waals surface area contributed by atoms with Gasteiger partial charge in [0.05, 0.1) is 0 Å². The Bertz CT molecular complexity index is 293. The molecule has 1 N–H and O–H groups in total. The first-order valence-corrected chi connectivity index (χ1v) is 5.52. The van der Waals surface area contributed by atoms with Gasteiger partial charge in [-0.25, -0.2) is 9.97 Å². The van der Waals surface area contributed by atoms with E-state index in [-0.39, 0.29) is 12.0 Å². The zero-order valence-electron chi connectivity index (χ0n) is 9.82. The normalized spacial score (nSPS) is 11.7. The summed E-state index contributed by atoms with van der Waals surface area (Å²) in [6, 6.07) is 0. The first-order valence-electron chi connectivity index (χ1n) is 5.52. The van der Waals surface area contributed by atoms with Gasteiger partial charge in [-0.15, -0.1) is 0 Å². The number of hydrogen-bond acceptors (Lipinski definition) is 3. The Balaban J connectivity index is 2.75. The van der Waals surface area contributed by atoms with Gasteiger partial charge in [0.25, 0.3) is 0 Å². The molecule has 0 saturated carbocycles. The van der Waals surface area contributed by atoms with Crippen LogP contribution in [0.2, 0.25) is 0 Å². The van der Waals surface area contributed by atoms with Gasteiger partial charge >= 0.3 is 0 Å². The monoisotopic (exact) mass is 208 g/mol. The van der Waals surface area contributed by atoms with Crippen molar-refractivity contribution in [3.63, 3.8) is 0 Å². The van der Waals surface area contributed by atoms with E-state index in [9.17, 15) is 0 Å². The van der Waals surface area contributed by atoms with Crippen molar-refractivity contribution in [2.45, 2.75) is 52.1 Å². The lowest BCUT2D eigenvalue weighted by atomic mass is 9.82. The molecule has 0 aliphatic carbocycles. The molecule has 1 rings (SSSR count). The molecule has 3 nitrogen and oxygen atoms in total. The highest BCUT2D eigenvalue weighted by Gasteiger charge is 2.20. The zero-order chi connectivity index (χ0) is 11.3. The quantitative estimate of drug-likeness (QED) is 0.808. The lowest BCUT2D eigenvalue weighted by molar-refractivity contribution is 0.271. The summed E-state index contributed by atoms with van der Waals surface area (Å²) in [5, 5.41) is 8.85. The van der Waals surface area contributed by atoms with E-state index in [1.165, 1.54) is 12.8 Å². The molecule has 0 aliphatic heterocycles. The average Bonchev–Trinajstić information content (AvgIpc) is 2.26. The van der Waals surface area contributed by atoms with Crippen LogP contribution in [-0.4, -0.2) is 15.1 Å². The standard InChI is InChI=1S/C12H20N2O/c1-4-5-6-12(2,3)10-7-13-11(9-15)14-8-10/h7-8,15H,4-6,9H2,1-3H3. The van der Waals surface area contributed by atoms with Crippen LogP contribution in [0.3, 0.4) is 0 Å². The van der Waals surface area contributed by atoms with Crippen molar-refractivity contribution in [2.24, 2.45) is 0 Å². The maximum absolute atomic E-state index is 8.85. The van der Waals surface area contributed by atoms with Crippen molar-refractivity contribution in [3.8, 4) is 0 Å². The molecule has 1 heterocycles. The van der Waals surface area contributed by atoms with E-state index < -0.39 is 0 Å². The van der Waals surface area contributed by atoms with E-state index in [2.05, 4.69) is 30.7 Å². The summed E-state index contributed by atoms with van der Waals surface area (Å²) in [4.78, 5) is 8.22. The highest BCUT2D eigenvalue weighted by atomic mass is 16.3. The average molecular weight is 208 g/mol. The van der Waals surface area contributed by atoms with Crippen LogP contribution >= 0.6 is 0 Å². The minimum atomic E-state index is -0.0876. The maximum atomic E-state index is 8.85. The van der Waals surface area contributed by atoms with Gasteiger partial charge in [0, 0.05) is 12.4 Å². The molecule has 1 aromatic heterocycles. The van der Waals surface area contributed by atoms with Gasteiger partial charge in [0.15, 0.2) is 5.82 Å². The first-order chi connectivity index (χ1) is 7.10. The van der Waals surface area contributed by atoms with Gasteiger partial charge in [-0.05, 0) is 17.4 Å². The van der Waals surface area contributed by atoms with Crippen LogP contribution in [0.25, 0.3) is 0 Å². The van der Waals surface area contributed by atoms with Crippen molar-refractivity contribution >= 4 is 0 Å². The smallest absolute Gasteiger partial charge is 0.153 e. The van der Waals surface area contributed by atoms with Gasteiger partial charge in [-0.1, -0.05) is 33.6 Å². The van der Waals surface area contributed by atoms with Crippen LogP contribution in [-0.2, 0) is 12.0 Å². The molecule has 0 aromatic carbocycles. The van der Waals surface area contributed by atoms with Gasteiger partial charge in [0.1, 0.15) is 6.61 Å². The Hall–Kier alpha value is -0.960. The third-order valence-electron chi connectivity index (χ3n) is 2.78. The summed E-state index contributed by atoms with van der Waals surface area (Å²) in [6.45, 7) is 6.52. The minimum absolute atomic E-state index is 0.0876. The number of aliphatic hydroxyl groups excluding tert-OH is 1. The van der Waals surface area contributed by atoms with Crippen molar-refractivity contribution in [1.29, 1.82) is 0 Å². The molecule has 15 heavy (non-hydrogen) atoms. The fraction of sp³-hybridized carbons (Fsp3) is 0.667. The summed E-state index contributed by atoms with van der Waals surface area (Å²) < 4.78 is 0. The predicted octanol–water partition coefficient (Wildman–Crippen LogP) is 2.44. The molecule has 0 radical (unpaired) electrons. The second kappa shape index (κ2) is 5.21. The van der Waals surface area contributed by atoms with E-state index in [1.54, 1.807) is 0 Å². The predicted molar refractivity (Wildman–Crippen MR) is 60.5 cm³/mol. The number of nitrogens with zero attached hydrogens (tertiary/aromatic N) is 2. The van der Waals surface area contributed by atoms with Crippen molar-refractivity contribution < 1.29 is 5.11 Å². The Labute approximate surface area is 91.6 Å². The fourth-order valence-corrected chi connectivity index (χ4v) is 1.55. The number of aromatic nitrogens is 2. The highest BCUT2D eigenvalue weighted by Crippen LogP contribution is 2.27. The number of unbranched alkanes of at least 4 members (excludes halogenated alkanes) is 1. The minimum Gasteiger partial charge on any atom is -0.388 e. The molecule has 0 atom stereocenters. The Kier molecular flexibility index (Phi) is 4.21. The zero-order valence-corrected chi connectivity index (χ0v) is 9.82. The topological polar surface area (TPSA) is 46.0 Å². The summed E-state index contributed by atoms with van der Waals surface area (Å²) in [5.74, 6) is 0.491. The van der Waals surface area contributed by atoms with Crippen molar-refractivity contribution in [3.05, 3.63) is 23.8 Å². The lowest BCUT2D eigenvalue weighted by Gasteiger charge is -2.24. The van der Waals surface area contributed by atoms with Crippen LogP contribution in [0.15, 0.2) is 12.4 Å². The molecule has 0 spiro atoms. The number of hydrogen-bond donors (Lipinski definition) is 1. The molecule has 0 bridgehead atoms. The van der Waals surface area contributed by atoms with Crippen LogP contribution in [0.5, 0.6) is 0 Å². The molecule has 1 aromatic rings. The van der Waals surface area contributed by atoms with Crippen molar-refractivity contribution in [2.75, 3.05) is 0 Å². The van der Waals surface area contributed by atoms with E-state index in [0.717, 1.165) is 12.0 Å². The summed E-state index contributed by atoms with van der Waals surface area (Å²) >= 11 is 0. The van der Waals surface area contributed by atoms with E-state index in [1.807, 2.05) is 12.4 Å². The Morgan fingerprint density at radius 1 is 1.27 bits per heavy atom. The fourth-order valence-electron chi connectivity index (χ4n) is 1.55. The molecule has 3 heteroatoms. The molecule has 0 fully saturated rings. The van der Waals surface area contributed by atoms with Crippen LogP contribution < -0.4 is 0 Å². The number of aliphatic hydroxyl groups is 1.